The van der Waals surface area contributed by atoms with E-state index in [4.69, 9.17) is 0 Å². The molecule has 6 rings (SSSR count). The molecule has 1 spiro atoms. The first kappa shape index (κ1) is 18.3. The molecule has 0 aliphatic heterocycles. The summed E-state index contributed by atoms with van der Waals surface area (Å²) in [6.07, 6.45) is 0. The lowest BCUT2D eigenvalue weighted by atomic mass is 9.70. The molecule has 4 aromatic rings. The van der Waals surface area contributed by atoms with Gasteiger partial charge in [-0.1, -0.05) is 118 Å². The predicted octanol–water partition coefficient (Wildman–Crippen LogP) is 7.69. The standard InChI is InChI=1S/C25H16.C2H6.CH4/c1-5-13-21-17(9-1)18-10-2-6-14-22(18)25(21)23-15-7-3-11-19(23)20-12-4-8-16-24(20)25;1-2;/h1-16H;1-2H3;1H4. The van der Waals surface area contributed by atoms with Gasteiger partial charge in [-0.3, -0.25) is 0 Å². The fourth-order valence-corrected chi connectivity index (χ4v) is 5.05. The summed E-state index contributed by atoms with van der Waals surface area (Å²) >= 11 is 0. The van der Waals surface area contributed by atoms with E-state index in [1.54, 1.807) is 0 Å². The van der Waals surface area contributed by atoms with Crippen molar-refractivity contribution in [2.75, 3.05) is 0 Å². The maximum absolute atomic E-state index is 2.31. The second-order valence-electron chi connectivity index (χ2n) is 6.93. The number of rotatable bonds is 0. The molecule has 0 N–H and O–H groups in total. The largest absolute Gasteiger partial charge is 0.0776 e. The van der Waals surface area contributed by atoms with Crippen molar-refractivity contribution < 1.29 is 0 Å². The number of benzene rings is 4. The molecule has 2 aliphatic rings. The lowest BCUT2D eigenvalue weighted by molar-refractivity contribution is 0.794. The van der Waals surface area contributed by atoms with Gasteiger partial charge in [0.2, 0.25) is 0 Å². The monoisotopic (exact) mass is 362 g/mol. The van der Waals surface area contributed by atoms with E-state index in [-0.39, 0.29) is 12.8 Å². The normalized spacial score (nSPS) is 13.4. The molecule has 2 aliphatic carbocycles. The van der Waals surface area contributed by atoms with Crippen molar-refractivity contribution >= 4 is 0 Å². The Labute approximate surface area is 168 Å². The number of hydrogen-bond acceptors (Lipinski definition) is 0. The van der Waals surface area contributed by atoms with Crippen LogP contribution in [0.25, 0.3) is 22.3 Å². The zero-order valence-corrected chi connectivity index (χ0v) is 15.7. The van der Waals surface area contributed by atoms with E-state index in [0.717, 1.165) is 0 Å². The molecule has 0 aromatic heterocycles. The second kappa shape index (κ2) is 6.80. The third kappa shape index (κ3) is 2.06. The van der Waals surface area contributed by atoms with Crippen molar-refractivity contribution in [2.24, 2.45) is 0 Å². The molecule has 0 saturated heterocycles. The Morgan fingerprint density at radius 2 is 0.607 bits per heavy atom. The Morgan fingerprint density at radius 3 is 0.857 bits per heavy atom. The van der Waals surface area contributed by atoms with Gasteiger partial charge in [-0.2, -0.15) is 0 Å². The van der Waals surface area contributed by atoms with E-state index in [1.807, 2.05) is 13.8 Å². The quantitative estimate of drug-likeness (QED) is 0.260. The van der Waals surface area contributed by atoms with Crippen LogP contribution in [0.3, 0.4) is 0 Å². The minimum atomic E-state index is -0.180. The fraction of sp³-hybridized carbons (Fsp3) is 0.143. The van der Waals surface area contributed by atoms with Crippen LogP contribution < -0.4 is 0 Å². The highest BCUT2D eigenvalue weighted by atomic mass is 14.5. The summed E-state index contributed by atoms with van der Waals surface area (Å²) in [5.41, 5.74) is 10.9. The lowest BCUT2D eigenvalue weighted by Gasteiger charge is -2.30. The van der Waals surface area contributed by atoms with Crippen LogP contribution >= 0.6 is 0 Å². The van der Waals surface area contributed by atoms with Crippen LogP contribution in [-0.4, -0.2) is 0 Å². The van der Waals surface area contributed by atoms with Gasteiger partial charge in [0, 0.05) is 0 Å². The van der Waals surface area contributed by atoms with Gasteiger partial charge in [0.1, 0.15) is 0 Å². The van der Waals surface area contributed by atoms with Crippen molar-refractivity contribution in [1.82, 2.24) is 0 Å². The van der Waals surface area contributed by atoms with Crippen LogP contribution in [-0.2, 0) is 5.41 Å². The van der Waals surface area contributed by atoms with Crippen molar-refractivity contribution in [1.29, 1.82) is 0 Å². The van der Waals surface area contributed by atoms with Gasteiger partial charge < -0.3 is 0 Å². The minimum absolute atomic E-state index is 0. The summed E-state index contributed by atoms with van der Waals surface area (Å²) < 4.78 is 0. The molecule has 28 heavy (non-hydrogen) atoms. The van der Waals surface area contributed by atoms with Crippen molar-refractivity contribution in [3.05, 3.63) is 119 Å². The average Bonchev–Trinajstić information content (AvgIpc) is 3.23. The van der Waals surface area contributed by atoms with Gasteiger partial charge in [0.15, 0.2) is 0 Å². The lowest BCUT2D eigenvalue weighted by Crippen LogP contribution is -2.25. The smallest absolute Gasteiger partial charge is 0.0725 e. The average molecular weight is 363 g/mol. The summed E-state index contributed by atoms with van der Waals surface area (Å²) in [6.45, 7) is 4.00. The van der Waals surface area contributed by atoms with Crippen molar-refractivity contribution in [2.45, 2.75) is 26.7 Å². The third-order valence-corrected chi connectivity index (χ3v) is 5.90. The Hall–Kier alpha value is -3.12. The molecule has 0 radical (unpaired) electrons. The summed E-state index contributed by atoms with van der Waals surface area (Å²) in [4.78, 5) is 0. The van der Waals surface area contributed by atoms with E-state index in [9.17, 15) is 0 Å². The first-order valence-corrected chi connectivity index (χ1v) is 9.81. The highest BCUT2D eigenvalue weighted by molar-refractivity contribution is 5.94. The molecule has 0 heterocycles. The molecule has 4 aromatic carbocycles. The van der Waals surface area contributed by atoms with E-state index in [2.05, 4.69) is 97.1 Å². The Morgan fingerprint density at radius 1 is 0.393 bits per heavy atom. The second-order valence-corrected chi connectivity index (χ2v) is 6.93. The first-order chi connectivity index (χ1) is 13.4. The molecular formula is C28H26. The Kier molecular flexibility index (Phi) is 4.43. The van der Waals surface area contributed by atoms with Crippen LogP contribution in [0.5, 0.6) is 0 Å². The third-order valence-electron chi connectivity index (χ3n) is 5.90. The maximum atomic E-state index is 2.31. The SMILES string of the molecule is C.CC.c1ccc2c(c1)-c1ccccc1C21c2ccccc2-c2ccccc21. The zero-order chi connectivity index (χ0) is 18.4. The van der Waals surface area contributed by atoms with E-state index >= 15 is 0 Å². The molecule has 0 amide bonds. The maximum Gasteiger partial charge on any atom is 0.0725 e. The minimum Gasteiger partial charge on any atom is -0.0776 e. The Bertz CT molecular complexity index is 962. The summed E-state index contributed by atoms with van der Waals surface area (Å²) in [6, 6.07) is 35.7. The zero-order valence-electron chi connectivity index (χ0n) is 15.7. The van der Waals surface area contributed by atoms with Crippen LogP contribution in [0.1, 0.15) is 43.5 Å². The molecule has 0 heteroatoms. The van der Waals surface area contributed by atoms with E-state index in [0.29, 0.717) is 0 Å². The van der Waals surface area contributed by atoms with Crippen LogP contribution in [0, 0.1) is 0 Å². The van der Waals surface area contributed by atoms with Gasteiger partial charge >= 0.3 is 0 Å². The number of hydrogen-bond donors (Lipinski definition) is 0. The molecule has 138 valence electrons. The highest BCUT2D eigenvalue weighted by Gasteiger charge is 2.51. The predicted molar refractivity (Wildman–Crippen MR) is 121 cm³/mol. The topological polar surface area (TPSA) is 0 Å². The number of fused-ring (bicyclic) bond motifs is 10. The van der Waals surface area contributed by atoms with Gasteiger partial charge in [-0.05, 0) is 44.5 Å². The molecular weight excluding hydrogens is 336 g/mol. The molecule has 0 saturated carbocycles. The molecule has 0 fully saturated rings. The summed E-state index contributed by atoms with van der Waals surface area (Å²) in [7, 11) is 0. The first-order valence-electron chi connectivity index (χ1n) is 9.81. The summed E-state index contributed by atoms with van der Waals surface area (Å²) in [5, 5.41) is 0. The molecule has 0 atom stereocenters. The molecule has 0 nitrogen and oxygen atoms in total. The van der Waals surface area contributed by atoms with Crippen molar-refractivity contribution in [3.63, 3.8) is 0 Å². The fourth-order valence-electron chi connectivity index (χ4n) is 5.05. The van der Waals surface area contributed by atoms with Crippen LogP contribution in [0.4, 0.5) is 0 Å². The Balaban J connectivity index is 0.000000622. The van der Waals surface area contributed by atoms with E-state index < -0.39 is 0 Å². The summed E-state index contributed by atoms with van der Waals surface area (Å²) in [5.74, 6) is 0. The van der Waals surface area contributed by atoms with Gasteiger partial charge in [0.25, 0.3) is 0 Å². The van der Waals surface area contributed by atoms with E-state index in [1.165, 1.54) is 44.5 Å². The van der Waals surface area contributed by atoms with Crippen LogP contribution in [0.15, 0.2) is 97.1 Å². The van der Waals surface area contributed by atoms with Crippen LogP contribution in [0.2, 0.25) is 0 Å². The molecule has 0 unspecified atom stereocenters. The van der Waals surface area contributed by atoms with Gasteiger partial charge in [-0.15, -0.1) is 0 Å². The highest BCUT2D eigenvalue weighted by Crippen LogP contribution is 2.62. The molecule has 0 bridgehead atoms. The van der Waals surface area contributed by atoms with Gasteiger partial charge in [-0.25, -0.2) is 0 Å². The van der Waals surface area contributed by atoms with Crippen molar-refractivity contribution in [3.8, 4) is 22.3 Å². The van der Waals surface area contributed by atoms with Gasteiger partial charge in [0.05, 0.1) is 5.41 Å².